The third-order valence-electron chi connectivity index (χ3n) is 3.02. The number of hydrogen-bond acceptors (Lipinski definition) is 3. The zero-order valence-electron chi connectivity index (χ0n) is 10.6. The summed E-state index contributed by atoms with van der Waals surface area (Å²) in [7, 11) is 1.63. The Balaban J connectivity index is 2.17. The molecule has 0 bridgehead atoms. The maximum Gasteiger partial charge on any atom is 0.138 e. The lowest BCUT2D eigenvalue weighted by molar-refractivity contribution is 0.415. The predicted octanol–water partition coefficient (Wildman–Crippen LogP) is 4.24. The Bertz CT molecular complexity index is 800. The number of nitrogens with zero attached hydrogens (tertiary/aromatic N) is 1. The van der Waals surface area contributed by atoms with Crippen LogP contribution in [-0.2, 0) is 0 Å². The molecule has 0 aliphatic rings. The van der Waals surface area contributed by atoms with Gasteiger partial charge in [0, 0.05) is 16.1 Å². The Kier molecular flexibility index (Phi) is 3.31. The van der Waals surface area contributed by atoms with Crippen LogP contribution in [0.25, 0.3) is 22.4 Å². The van der Waals surface area contributed by atoms with Gasteiger partial charge in [0.25, 0.3) is 0 Å². The van der Waals surface area contributed by atoms with Crippen molar-refractivity contribution in [1.29, 1.82) is 0 Å². The van der Waals surface area contributed by atoms with E-state index in [1.54, 1.807) is 19.2 Å². The first-order valence-electron chi connectivity index (χ1n) is 5.87. The van der Waals surface area contributed by atoms with E-state index in [0.29, 0.717) is 10.7 Å². The molecule has 0 saturated carbocycles. The molecule has 1 heterocycles. The van der Waals surface area contributed by atoms with Crippen LogP contribution in [0.1, 0.15) is 0 Å². The molecular weight excluding hydrogens is 342 g/mol. The van der Waals surface area contributed by atoms with Gasteiger partial charge in [-0.1, -0.05) is 11.6 Å². The minimum absolute atomic E-state index is 0.529. The van der Waals surface area contributed by atoms with Crippen molar-refractivity contribution in [1.82, 2.24) is 9.97 Å². The largest absolute Gasteiger partial charge is 0.497 e. The maximum atomic E-state index is 5.93. The van der Waals surface area contributed by atoms with E-state index in [9.17, 15) is 0 Å². The number of ether oxygens (including phenoxy) is 1. The van der Waals surface area contributed by atoms with Gasteiger partial charge in [0.1, 0.15) is 17.1 Å². The fraction of sp³-hybridized carbons (Fsp3) is 0.0714. The third-order valence-corrected chi connectivity index (χ3v) is 3.97. The van der Waals surface area contributed by atoms with Gasteiger partial charge in [0.15, 0.2) is 0 Å². The van der Waals surface area contributed by atoms with E-state index in [1.807, 2.05) is 18.2 Å². The first kappa shape index (κ1) is 13.3. The van der Waals surface area contributed by atoms with Gasteiger partial charge >= 0.3 is 0 Å². The van der Waals surface area contributed by atoms with E-state index in [2.05, 4.69) is 25.9 Å². The molecule has 0 fully saturated rings. The number of aromatic amines is 1. The second kappa shape index (κ2) is 5.00. The number of nitrogens with one attached hydrogen (secondary N) is 1. The Labute approximate surface area is 129 Å². The molecule has 0 unspecified atom stereocenters. The summed E-state index contributed by atoms with van der Waals surface area (Å²) in [6.45, 7) is 0. The lowest BCUT2D eigenvalue weighted by Gasteiger charge is -2.00. The van der Waals surface area contributed by atoms with E-state index in [0.717, 1.165) is 32.6 Å². The number of benzene rings is 2. The fourth-order valence-electron chi connectivity index (χ4n) is 2.00. The molecule has 0 atom stereocenters. The van der Waals surface area contributed by atoms with Gasteiger partial charge < -0.3 is 15.5 Å². The normalized spacial score (nSPS) is 10.9. The van der Waals surface area contributed by atoms with Crippen LogP contribution in [0.5, 0.6) is 5.75 Å². The Morgan fingerprint density at radius 3 is 2.80 bits per heavy atom. The molecule has 0 aliphatic heterocycles. The Morgan fingerprint density at radius 1 is 1.30 bits per heavy atom. The molecule has 0 saturated heterocycles. The predicted molar refractivity (Wildman–Crippen MR) is 85.2 cm³/mol. The van der Waals surface area contributed by atoms with Crippen molar-refractivity contribution in [2.75, 3.05) is 12.8 Å². The summed E-state index contributed by atoms with van der Waals surface area (Å²) < 4.78 is 6.11. The molecule has 0 aliphatic carbocycles. The van der Waals surface area contributed by atoms with Gasteiger partial charge in [-0.2, -0.15) is 0 Å². The number of aromatic nitrogens is 2. The molecule has 0 amide bonds. The molecule has 102 valence electrons. The second-order valence-electron chi connectivity index (χ2n) is 4.33. The smallest absolute Gasteiger partial charge is 0.138 e. The highest BCUT2D eigenvalue weighted by Gasteiger charge is 2.10. The van der Waals surface area contributed by atoms with Crippen LogP contribution in [0.15, 0.2) is 34.8 Å². The SMILES string of the molecule is COc1cc(Br)c2nc(-c3ccc(Cl)c(N)c3)[nH]c2c1. The molecule has 1 aromatic heterocycles. The van der Waals surface area contributed by atoms with Crippen molar-refractivity contribution >= 4 is 44.3 Å². The molecule has 3 N–H and O–H groups in total. The Hall–Kier alpha value is -1.72. The zero-order chi connectivity index (χ0) is 14.3. The summed E-state index contributed by atoms with van der Waals surface area (Å²) in [6, 6.07) is 9.21. The van der Waals surface area contributed by atoms with Gasteiger partial charge in [-0.25, -0.2) is 4.98 Å². The highest BCUT2D eigenvalue weighted by molar-refractivity contribution is 9.10. The number of fused-ring (bicyclic) bond motifs is 1. The van der Waals surface area contributed by atoms with Crippen LogP contribution in [-0.4, -0.2) is 17.1 Å². The van der Waals surface area contributed by atoms with E-state index < -0.39 is 0 Å². The molecule has 3 rings (SSSR count). The van der Waals surface area contributed by atoms with Crippen LogP contribution in [0.2, 0.25) is 5.02 Å². The van der Waals surface area contributed by atoms with Crippen LogP contribution >= 0.6 is 27.5 Å². The average Bonchev–Trinajstić information content (AvgIpc) is 2.86. The van der Waals surface area contributed by atoms with Crippen LogP contribution in [0, 0.1) is 0 Å². The monoisotopic (exact) mass is 351 g/mol. The zero-order valence-corrected chi connectivity index (χ0v) is 12.9. The summed E-state index contributed by atoms with van der Waals surface area (Å²) in [6.07, 6.45) is 0. The van der Waals surface area contributed by atoms with Gasteiger partial charge in [-0.3, -0.25) is 0 Å². The number of methoxy groups -OCH3 is 1. The number of H-pyrrole nitrogens is 1. The first-order chi connectivity index (χ1) is 9.58. The molecule has 4 nitrogen and oxygen atoms in total. The van der Waals surface area contributed by atoms with Crippen molar-refractivity contribution in [3.05, 3.63) is 39.8 Å². The number of halogens is 2. The second-order valence-corrected chi connectivity index (χ2v) is 5.59. The van der Waals surface area contributed by atoms with E-state index in [4.69, 9.17) is 22.1 Å². The average molecular weight is 353 g/mol. The van der Waals surface area contributed by atoms with Gasteiger partial charge in [-0.15, -0.1) is 0 Å². The number of hydrogen-bond donors (Lipinski definition) is 2. The van der Waals surface area contributed by atoms with Crippen molar-refractivity contribution in [2.24, 2.45) is 0 Å². The van der Waals surface area contributed by atoms with Crippen LogP contribution in [0.4, 0.5) is 5.69 Å². The topological polar surface area (TPSA) is 63.9 Å². The van der Waals surface area contributed by atoms with Crippen LogP contribution in [0.3, 0.4) is 0 Å². The summed E-state index contributed by atoms with van der Waals surface area (Å²) >= 11 is 9.42. The number of nitrogen functional groups attached to an aromatic ring is 1. The highest BCUT2D eigenvalue weighted by atomic mass is 79.9. The number of rotatable bonds is 2. The fourth-order valence-corrected chi connectivity index (χ4v) is 2.64. The van der Waals surface area contributed by atoms with Crippen molar-refractivity contribution in [2.45, 2.75) is 0 Å². The minimum atomic E-state index is 0.529. The van der Waals surface area contributed by atoms with Crippen molar-refractivity contribution in [3.63, 3.8) is 0 Å². The third kappa shape index (κ3) is 2.23. The molecule has 0 radical (unpaired) electrons. The van der Waals surface area contributed by atoms with Crippen molar-refractivity contribution in [3.8, 4) is 17.1 Å². The summed E-state index contributed by atoms with van der Waals surface area (Å²) in [5, 5.41) is 0.535. The lowest BCUT2D eigenvalue weighted by Crippen LogP contribution is -1.88. The Morgan fingerprint density at radius 2 is 2.10 bits per heavy atom. The molecular formula is C14H11BrClN3O. The molecule has 0 spiro atoms. The number of anilines is 1. The van der Waals surface area contributed by atoms with Gasteiger partial charge in [0.2, 0.25) is 0 Å². The molecule has 6 heteroatoms. The van der Waals surface area contributed by atoms with Gasteiger partial charge in [-0.05, 0) is 40.2 Å². The summed E-state index contributed by atoms with van der Waals surface area (Å²) in [4.78, 5) is 7.83. The van der Waals surface area contributed by atoms with Crippen molar-refractivity contribution < 1.29 is 4.74 Å². The van der Waals surface area contributed by atoms with E-state index in [-0.39, 0.29) is 0 Å². The molecule has 20 heavy (non-hydrogen) atoms. The van der Waals surface area contributed by atoms with E-state index in [1.165, 1.54) is 0 Å². The quantitative estimate of drug-likeness (QED) is 0.678. The minimum Gasteiger partial charge on any atom is -0.497 e. The first-order valence-corrected chi connectivity index (χ1v) is 7.04. The van der Waals surface area contributed by atoms with Crippen LogP contribution < -0.4 is 10.5 Å². The maximum absolute atomic E-state index is 5.93. The standard InChI is InChI=1S/C14H11BrClN3O/c1-20-8-5-9(15)13-12(6-8)18-14(19-13)7-2-3-10(16)11(17)4-7/h2-6H,17H2,1H3,(H,18,19). The van der Waals surface area contributed by atoms with E-state index >= 15 is 0 Å². The molecule has 2 aromatic carbocycles. The molecule has 3 aromatic rings. The summed E-state index contributed by atoms with van der Waals surface area (Å²) in [5.74, 6) is 1.49. The highest BCUT2D eigenvalue weighted by Crippen LogP contribution is 2.31. The summed E-state index contributed by atoms with van der Waals surface area (Å²) in [5.41, 5.74) is 8.97. The van der Waals surface area contributed by atoms with Gasteiger partial charge in [0.05, 0.1) is 23.3 Å². The number of nitrogens with two attached hydrogens (primary N) is 1. The lowest BCUT2D eigenvalue weighted by atomic mass is 10.2. The number of imidazole rings is 1.